The summed E-state index contributed by atoms with van der Waals surface area (Å²) in [6.07, 6.45) is 9.37. The van der Waals surface area contributed by atoms with Gasteiger partial charge in [0.15, 0.2) is 0 Å². The van der Waals surface area contributed by atoms with Gasteiger partial charge in [0.05, 0.1) is 0 Å². The second-order valence-corrected chi connectivity index (χ2v) is 5.38. The third-order valence-corrected chi connectivity index (χ3v) is 3.53. The summed E-state index contributed by atoms with van der Waals surface area (Å²) in [6.45, 7) is 5.63. The smallest absolute Gasteiger partial charge is 0.00671 e. The molecule has 0 amide bonds. The first kappa shape index (κ1) is 13.0. The zero-order valence-corrected chi connectivity index (χ0v) is 10.5. The summed E-state index contributed by atoms with van der Waals surface area (Å²) < 4.78 is 0. The molecule has 1 aliphatic carbocycles. The minimum Gasteiger partial charge on any atom is -0.328 e. The van der Waals surface area contributed by atoms with E-state index >= 15 is 0 Å². The average molecular weight is 212 g/mol. The molecule has 0 aromatic rings. The lowest BCUT2D eigenvalue weighted by Crippen LogP contribution is -2.30. The van der Waals surface area contributed by atoms with Crippen molar-refractivity contribution in [1.82, 2.24) is 5.32 Å². The Bertz CT molecular complexity index is 157. The van der Waals surface area contributed by atoms with E-state index in [0.29, 0.717) is 6.04 Å². The zero-order chi connectivity index (χ0) is 11.1. The van der Waals surface area contributed by atoms with E-state index in [9.17, 15) is 0 Å². The second-order valence-electron chi connectivity index (χ2n) is 5.38. The van der Waals surface area contributed by atoms with Gasteiger partial charge < -0.3 is 11.1 Å². The van der Waals surface area contributed by atoms with E-state index in [1.54, 1.807) is 0 Å². The summed E-state index contributed by atoms with van der Waals surface area (Å²) in [5.41, 5.74) is 5.73. The quantitative estimate of drug-likeness (QED) is 0.543. The second kappa shape index (κ2) is 7.24. The Kier molecular flexibility index (Phi) is 6.26. The molecule has 3 unspecified atom stereocenters. The van der Waals surface area contributed by atoms with Crippen molar-refractivity contribution in [2.24, 2.45) is 11.7 Å². The van der Waals surface area contributed by atoms with Crippen LogP contribution in [0.3, 0.4) is 0 Å². The molecule has 15 heavy (non-hydrogen) atoms. The normalized spacial score (nSPS) is 29.8. The largest absolute Gasteiger partial charge is 0.328 e. The molecule has 90 valence electrons. The van der Waals surface area contributed by atoms with Crippen molar-refractivity contribution < 1.29 is 0 Å². The summed E-state index contributed by atoms with van der Waals surface area (Å²) >= 11 is 0. The molecular formula is C13H28N2. The maximum absolute atomic E-state index is 5.73. The molecule has 0 spiro atoms. The number of nitrogens with two attached hydrogens (primary N) is 1. The van der Waals surface area contributed by atoms with Crippen molar-refractivity contribution in [1.29, 1.82) is 0 Å². The maximum Gasteiger partial charge on any atom is 0.00671 e. The van der Waals surface area contributed by atoms with Gasteiger partial charge in [-0.2, -0.15) is 0 Å². The Morgan fingerprint density at radius 2 is 2.07 bits per heavy atom. The number of hydrogen-bond acceptors (Lipinski definition) is 2. The van der Waals surface area contributed by atoms with Gasteiger partial charge in [0.25, 0.3) is 0 Å². The fourth-order valence-corrected chi connectivity index (χ4v) is 2.42. The van der Waals surface area contributed by atoms with Gasteiger partial charge in [0.1, 0.15) is 0 Å². The highest BCUT2D eigenvalue weighted by atomic mass is 14.9. The third-order valence-electron chi connectivity index (χ3n) is 3.53. The van der Waals surface area contributed by atoms with Gasteiger partial charge in [-0.1, -0.05) is 19.8 Å². The number of nitrogens with one attached hydrogen (secondary N) is 1. The zero-order valence-electron chi connectivity index (χ0n) is 10.5. The Morgan fingerprint density at radius 1 is 1.27 bits per heavy atom. The van der Waals surface area contributed by atoms with Gasteiger partial charge in [0, 0.05) is 12.1 Å². The van der Waals surface area contributed by atoms with E-state index in [0.717, 1.165) is 24.9 Å². The van der Waals surface area contributed by atoms with E-state index in [-0.39, 0.29) is 0 Å². The van der Waals surface area contributed by atoms with Crippen molar-refractivity contribution in [2.45, 2.75) is 70.9 Å². The number of hydrogen-bond donors (Lipinski definition) is 2. The molecule has 0 heterocycles. The Hall–Kier alpha value is -0.0800. The molecule has 0 saturated heterocycles. The summed E-state index contributed by atoms with van der Waals surface area (Å²) in [5.74, 6) is 0.945. The van der Waals surface area contributed by atoms with Crippen molar-refractivity contribution in [3.05, 3.63) is 0 Å². The van der Waals surface area contributed by atoms with Crippen LogP contribution in [0.25, 0.3) is 0 Å². The Labute approximate surface area is 95.0 Å². The first-order valence-corrected chi connectivity index (χ1v) is 6.67. The molecule has 0 aromatic heterocycles. The molecule has 2 nitrogen and oxygen atoms in total. The highest BCUT2D eigenvalue weighted by Gasteiger charge is 2.14. The average Bonchev–Trinajstić information content (AvgIpc) is 2.38. The molecule has 3 N–H and O–H groups in total. The van der Waals surface area contributed by atoms with Gasteiger partial charge in [-0.3, -0.25) is 0 Å². The van der Waals surface area contributed by atoms with E-state index in [1.807, 2.05) is 0 Å². The fourth-order valence-electron chi connectivity index (χ4n) is 2.42. The van der Waals surface area contributed by atoms with Crippen molar-refractivity contribution in [2.75, 3.05) is 6.54 Å². The maximum atomic E-state index is 5.73. The standard InChI is InChI=1S/C13H28N2/c1-11-5-3-7-13(9-8-11)15-10-4-6-12(2)14/h11-13,15H,3-10,14H2,1-2H3. The van der Waals surface area contributed by atoms with Gasteiger partial charge in [-0.25, -0.2) is 0 Å². The summed E-state index contributed by atoms with van der Waals surface area (Å²) in [7, 11) is 0. The lowest BCUT2D eigenvalue weighted by molar-refractivity contribution is 0.437. The van der Waals surface area contributed by atoms with Gasteiger partial charge in [-0.05, 0) is 51.5 Å². The van der Waals surface area contributed by atoms with Crippen LogP contribution in [-0.2, 0) is 0 Å². The first-order chi connectivity index (χ1) is 7.18. The van der Waals surface area contributed by atoms with Crippen molar-refractivity contribution >= 4 is 0 Å². The van der Waals surface area contributed by atoms with Crippen LogP contribution in [0, 0.1) is 5.92 Å². The molecular weight excluding hydrogens is 184 g/mol. The van der Waals surface area contributed by atoms with Crippen LogP contribution >= 0.6 is 0 Å². The SMILES string of the molecule is CC(N)CCCNC1CCCC(C)CC1. The van der Waals surface area contributed by atoms with E-state index in [2.05, 4.69) is 19.2 Å². The molecule has 1 saturated carbocycles. The molecule has 1 fully saturated rings. The Balaban J connectivity index is 2.05. The fraction of sp³-hybridized carbons (Fsp3) is 1.00. The molecule has 0 aromatic carbocycles. The highest BCUT2D eigenvalue weighted by molar-refractivity contribution is 4.73. The van der Waals surface area contributed by atoms with Crippen LogP contribution in [0.5, 0.6) is 0 Å². The van der Waals surface area contributed by atoms with Gasteiger partial charge in [-0.15, -0.1) is 0 Å². The van der Waals surface area contributed by atoms with Crippen LogP contribution < -0.4 is 11.1 Å². The first-order valence-electron chi connectivity index (χ1n) is 6.67. The molecule has 1 rings (SSSR count). The van der Waals surface area contributed by atoms with Crippen molar-refractivity contribution in [3.63, 3.8) is 0 Å². The number of rotatable bonds is 5. The van der Waals surface area contributed by atoms with Crippen LogP contribution in [0.15, 0.2) is 0 Å². The van der Waals surface area contributed by atoms with Crippen LogP contribution in [0.1, 0.15) is 58.8 Å². The van der Waals surface area contributed by atoms with Gasteiger partial charge in [0.2, 0.25) is 0 Å². The summed E-state index contributed by atoms with van der Waals surface area (Å²) in [5, 5.41) is 3.68. The van der Waals surface area contributed by atoms with Crippen molar-refractivity contribution in [3.8, 4) is 0 Å². The molecule has 3 atom stereocenters. The van der Waals surface area contributed by atoms with Crippen LogP contribution in [0.2, 0.25) is 0 Å². The molecule has 0 radical (unpaired) electrons. The van der Waals surface area contributed by atoms with Crippen LogP contribution in [-0.4, -0.2) is 18.6 Å². The molecule has 0 aliphatic heterocycles. The highest BCUT2D eigenvalue weighted by Crippen LogP contribution is 2.22. The lowest BCUT2D eigenvalue weighted by Gasteiger charge is -2.16. The summed E-state index contributed by atoms with van der Waals surface area (Å²) in [4.78, 5) is 0. The minimum atomic E-state index is 0.362. The minimum absolute atomic E-state index is 0.362. The molecule has 1 aliphatic rings. The Morgan fingerprint density at radius 3 is 2.80 bits per heavy atom. The van der Waals surface area contributed by atoms with Gasteiger partial charge >= 0.3 is 0 Å². The predicted molar refractivity (Wildman–Crippen MR) is 66.9 cm³/mol. The monoisotopic (exact) mass is 212 g/mol. The lowest BCUT2D eigenvalue weighted by atomic mass is 10.0. The van der Waals surface area contributed by atoms with E-state index in [1.165, 1.54) is 38.5 Å². The van der Waals surface area contributed by atoms with E-state index < -0.39 is 0 Å². The van der Waals surface area contributed by atoms with Crippen LogP contribution in [0.4, 0.5) is 0 Å². The predicted octanol–water partition coefficient (Wildman–Crippen LogP) is 2.67. The summed E-state index contributed by atoms with van der Waals surface area (Å²) in [6, 6.07) is 1.14. The third kappa shape index (κ3) is 6.16. The molecule has 0 bridgehead atoms. The topological polar surface area (TPSA) is 38.0 Å². The van der Waals surface area contributed by atoms with E-state index in [4.69, 9.17) is 5.73 Å². The molecule has 2 heteroatoms.